The summed E-state index contributed by atoms with van der Waals surface area (Å²) in [6.07, 6.45) is 9.50. The number of ether oxygens (including phenoxy) is 5. The second kappa shape index (κ2) is 15.5. The quantitative estimate of drug-likeness (QED) is 0.127. The van der Waals surface area contributed by atoms with Crippen molar-refractivity contribution in [2.75, 3.05) is 34.9 Å². The number of carbonyl (C=O) groups is 1. The molecule has 0 spiro atoms. The molecule has 0 aliphatic rings. The first kappa shape index (κ1) is 29.7. The van der Waals surface area contributed by atoms with Gasteiger partial charge in [-0.2, -0.15) is 0 Å². The van der Waals surface area contributed by atoms with Gasteiger partial charge in [-0.25, -0.2) is 0 Å². The topological polar surface area (TPSA) is 83.5 Å². The molecule has 0 aromatic heterocycles. The standard InChI is InChI=1S/C30H38O7/c1-21(2)8-7-9-22(3)10-16-25-27(36-19-33-4)18-28(37-20-34-5)29(30(25)32)26(31)17-13-23-11-14-24(35-6)15-12-23/h8,10-15,17-18,32H,7,9,16,19-20H2,1-6H3/b17-13+,22-10+. The minimum Gasteiger partial charge on any atom is -0.507 e. The molecule has 37 heavy (non-hydrogen) atoms. The van der Waals surface area contributed by atoms with Crippen LogP contribution in [0.4, 0.5) is 0 Å². The van der Waals surface area contributed by atoms with E-state index in [4.69, 9.17) is 23.7 Å². The van der Waals surface area contributed by atoms with E-state index in [2.05, 4.69) is 19.9 Å². The fourth-order valence-electron chi connectivity index (χ4n) is 3.52. The van der Waals surface area contributed by atoms with E-state index in [-0.39, 0.29) is 30.6 Å². The smallest absolute Gasteiger partial charge is 0.193 e. The molecule has 0 saturated carbocycles. The van der Waals surface area contributed by atoms with Crippen LogP contribution >= 0.6 is 0 Å². The lowest BCUT2D eigenvalue weighted by molar-refractivity contribution is 0.0449. The van der Waals surface area contributed by atoms with Crippen molar-refractivity contribution in [3.05, 3.63) is 76.4 Å². The molecule has 0 unspecified atom stereocenters. The van der Waals surface area contributed by atoms with E-state index in [0.717, 1.165) is 24.2 Å². The number of allylic oxidation sites excluding steroid dienone is 5. The number of hydrogen-bond acceptors (Lipinski definition) is 7. The Morgan fingerprint density at radius 2 is 1.57 bits per heavy atom. The summed E-state index contributed by atoms with van der Waals surface area (Å²) < 4.78 is 26.7. The van der Waals surface area contributed by atoms with E-state index >= 15 is 0 Å². The lowest BCUT2D eigenvalue weighted by atomic mass is 9.98. The maximum Gasteiger partial charge on any atom is 0.193 e. The zero-order valence-electron chi connectivity index (χ0n) is 22.6. The van der Waals surface area contributed by atoms with Crippen LogP contribution in [0.15, 0.2) is 59.7 Å². The number of benzene rings is 2. The van der Waals surface area contributed by atoms with Gasteiger partial charge >= 0.3 is 0 Å². The number of phenols is 1. The largest absolute Gasteiger partial charge is 0.507 e. The van der Waals surface area contributed by atoms with Gasteiger partial charge in [-0.1, -0.05) is 41.5 Å². The summed E-state index contributed by atoms with van der Waals surface area (Å²) in [5.74, 6) is 0.634. The molecule has 2 aromatic carbocycles. The first-order chi connectivity index (χ1) is 17.8. The molecule has 0 heterocycles. The van der Waals surface area contributed by atoms with Crippen molar-refractivity contribution in [2.24, 2.45) is 0 Å². The summed E-state index contributed by atoms with van der Waals surface area (Å²) >= 11 is 0. The van der Waals surface area contributed by atoms with Crippen LogP contribution < -0.4 is 14.2 Å². The third-order valence-corrected chi connectivity index (χ3v) is 5.53. The van der Waals surface area contributed by atoms with Gasteiger partial charge in [-0.05, 0) is 63.8 Å². The molecule has 7 nitrogen and oxygen atoms in total. The zero-order valence-corrected chi connectivity index (χ0v) is 22.6. The Labute approximate surface area is 220 Å². The number of aromatic hydroxyl groups is 1. The van der Waals surface area contributed by atoms with Crippen LogP contribution in [-0.2, 0) is 15.9 Å². The van der Waals surface area contributed by atoms with Crippen LogP contribution in [0.3, 0.4) is 0 Å². The third-order valence-electron chi connectivity index (χ3n) is 5.53. The highest BCUT2D eigenvalue weighted by molar-refractivity contribution is 6.11. The number of rotatable bonds is 15. The molecule has 0 aliphatic carbocycles. The maximum absolute atomic E-state index is 13.3. The zero-order chi connectivity index (χ0) is 27.2. The predicted molar refractivity (Wildman–Crippen MR) is 146 cm³/mol. The Kier molecular flexibility index (Phi) is 12.5. The molecule has 0 atom stereocenters. The van der Waals surface area contributed by atoms with Gasteiger partial charge in [0.25, 0.3) is 0 Å². The Morgan fingerprint density at radius 3 is 2.16 bits per heavy atom. The second-order valence-corrected chi connectivity index (χ2v) is 8.72. The van der Waals surface area contributed by atoms with Crippen LogP contribution in [0.2, 0.25) is 0 Å². The molecule has 2 aromatic rings. The normalized spacial score (nSPS) is 11.5. The molecule has 0 radical (unpaired) electrons. The molecule has 0 bridgehead atoms. The Balaban J connectivity index is 2.46. The van der Waals surface area contributed by atoms with Gasteiger partial charge in [0.1, 0.15) is 28.6 Å². The van der Waals surface area contributed by atoms with Crippen LogP contribution in [0.1, 0.15) is 55.1 Å². The first-order valence-corrected chi connectivity index (χ1v) is 12.1. The SMILES string of the molecule is COCOc1cc(OCOC)c(C(=O)/C=C/c2ccc(OC)cc2)c(O)c1C/C=C(\C)CCC=C(C)C. The molecule has 0 saturated heterocycles. The van der Waals surface area contributed by atoms with Crippen molar-refractivity contribution in [1.82, 2.24) is 0 Å². The minimum absolute atomic E-state index is 0.0237. The number of hydrogen-bond donors (Lipinski definition) is 1. The highest BCUT2D eigenvalue weighted by Crippen LogP contribution is 2.40. The summed E-state index contributed by atoms with van der Waals surface area (Å²) in [5.41, 5.74) is 3.77. The average Bonchev–Trinajstić information content (AvgIpc) is 2.88. The van der Waals surface area contributed by atoms with Gasteiger partial charge in [0, 0.05) is 25.8 Å². The van der Waals surface area contributed by atoms with Crippen molar-refractivity contribution < 1.29 is 33.6 Å². The molecule has 2 rings (SSSR count). The van der Waals surface area contributed by atoms with E-state index in [1.807, 2.05) is 25.1 Å². The highest BCUT2D eigenvalue weighted by atomic mass is 16.7. The fraction of sp³-hybridized carbons (Fsp3) is 0.367. The summed E-state index contributed by atoms with van der Waals surface area (Å²) in [6, 6.07) is 8.87. The van der Waals surface area contributed by atoms with E-state index in [0.29, 0.717) is 17.7 Å². The Bertz CT molecular complexity index is 1110. The molecular weight excluding hydrogens is 472 g/mol. The van der Waals surface area contributed by atoms with E-state index in [1.165, 1.54) is 31.4 Å². The monoisotopic (exact) mass is 510 g/mol. The van der Waals surface area contributed by atoms with Crippen LogP contribution in [0, 0.1) is 0 Å². The van der Waals surface area contributed by atoms with Crippen molar-refractivity contribution in [3.63, 3.8) is 0 Å². The number of ketones is 1. The van der Waals surface area contributed by atoms with Gasteiger partial charge in [0.2, 0.25) is 0 Å². The molecule has 0 amide bonds. The van der Waals surface area contributed by atoms with Gasteiger partial charge in [-0.3, -0.25) is 4.79 Å². The van der Waals surface area contributed by atoms with Gasteiger partial charge in [0.05, 0.1) is 7.11 Å². The molecule has 0 aliphatic heterocycles. The van der Waals surface area contributed by atoms with Gasteiger partial charge in [0.15, 0.2) is 19.4 Å². The molecule has 7 heteroatoms. The first-order valence-electron chi connectivity index (χ1n) is 12.1. The minimum atomic E-state index is -0.414. The third kappa shape index (κ3) is 9.44. The van der Waals surface area contributed by atoms with Crippen molar-refractivity contribution in [3.8, 4) is 23.0 Å². The Hall–Kier alpha value is -3.55. The highest BCUT2D eigenvalue weighted by Gasteiger charge is 2.23. The molecule has 200 valence electrons. The summed E-state index contributed by atoms with van der Waals surface area (Å²) in [5, 5.41) is 11.3. The molecular formula is C30H38O7. The van der Waals surface area contributed by atoms with E-state index < -0.39 is 5.78 Å². The maximum atomic E-state index is 13.3. The summed E-state index contributed by atoms with van der Waals surface area (Å²) in [7, 11) is 4.58. The van der Waals surface area contributed by atoms with Crippen LogP contribution in [0.5, 0.6) is 23.0 Å². The molecule has 0 fully saturated rings. The lowest BCUT2D eigenvalue weighted by Crippen LogP contribution is -2.09. The number of carbonyl (C=O) groups excluding carboxylic acids is 1. The molecule has 1 N–H and O–H groups in total. The van der Waals surface area contributed by atoms with Gasteiger partial charge < -0.3 is 28.8 Å². The lowest BCUT2D eigenvalue weighted by Gasteiger charge is -2.18. The van der Waals surface area contributed by atoms with Crippen molar-refractivity contribution >= 4 is 11.9 Å². The Morgan fingerprint density at radius 1 is 0.919 bits per heavy atom. The number of phenolic OH excluding ortho intramolecular Hbond substituents is 1. The average molecular weight is 511 g/mol. The predicted octanol–water partition coefficient (Wildman–Crippen LogP) is 6.50. The van der Waals surface area contributed by atoms with Gasteiger partial charge in [-0.15, -0.1) is 0 Å². The second-order valence-electron chi connectivity index (χ2n) is 8.72. The van der Waals surface area contributed by atoms with Crippen molar-refractivity contribution in [1.29, 1.82) is 0 Å². The van der Waals surface area contributed by atoms with E-state index in [1.54, 1.807) is 31.4 Å². The van der Waals surface area contributed by atoms with Crippen LogP contribution in [0.25, 0.3) is 6.08 Å². The number of methoxy groups -OCH3 is 3. The summed E-state index contributed by atoms with van der Waals surface area (Å²) in [6.45, 7) is 6.07. The van der Waals surface area contributed by atoms with E-state index in [9.17, 15) is 9.90 Å². The van der Waals surface area contributed by atoms with Crippen LogP contribution in [-0.4, -0.2) is 45.8 Å². The van der Waals surface area contributed by atoms with Crippen molar-refractivity contribution in [2.45, 2.75) is 40.0 Å². The fourth-order valence-corrected chi connectivity index (χ4v) is 3.52. The summed E-state index contributed by atoms with van der Waals surface area (Å²) in [4.78, 5) is 13.3.